The van der Waals surface area contributed by atoms with Gasteiger partial charge in [0.2, 0.25) is 0 Å². The van der Waals surface area contributed by atoms with Crippen LogP contribution in [0.5, 0.6) is 0 Å². The van der Waals surface area contributed by atoms with Gasteiger partial charge in [-0.2, -0.15) is 13.8 Å². The Labute approximate surface area is 177 Å². The summed E-state index contributed by atoms with van der Waals surface area (Å²) >= 11 is 0. The molecule has 2 bridgehead atoms. The summed E-state index contributed by atoms with van der Waals surface area (Å²) in [5, 5.41) is -0.0903. The molecule has 3 aliphatic rings. The predicted octanol–water partition coefficient (Wildman–Crippen LogP) is -0.0881. The molecule has 2 saturated carbocycles. The molecule has 1 saturated heterocycles. The molecule has 2 aliphatic carbocycles. The summed E-state index contributed by atoms with van der Waals surface area (Å²) in [5.41, 5.74) is 0. The van der Waals surface area contributed by atoms with E-state index in [1.807, 2.05) is 0 Å². The summed E-state index contributed by atoms with van der Waals surface area (Å²) in [5.74, 6) is -0.0800. The molecule has 3 fully saturated rings. The number of hydrogen-bond donors (Lipinski definition) is 0. The molecular formula is C15H19O9SY-3. The van der Waals surface area contributed by atoms with E-state index in [2.05, 4.69) is 4.74 Å². The summed E-state index contributed by atoms with van der Waals surface area (Å²) in [4.78, 5) is 32.8. The third kappa shape index (κ3) is 5.47. The number of esters is 2. The molecule has 0 aromatic rings. The summed E-state index contributed by atoms with van der Waals surface area (Å²) in [6, 6.07) is 0. The minimum absolute atomic E-state index is 0. The van der Waals surface area contributed by atoms with Crippen LogP contribution in [0.15, 0.2) is 0 Å². The summed E-state index contributed by atoms with van der Waals surface area (Å²) in [7, 11) is -4.07. The van der Waals surface area contributed by atoms with E-state index >= 15 is 0 Å². The van der Waals surface area contributed by atoms with Gasteiger partial charge in [0.1, 0.15) is 12.7 Å². The fourth-order valence-corrected chi connectivity index (χ4v) is 3.70. The van der Waals surface area contributed by atoms with Crippen LogP contribution in [0.2, 0.25) is 0 Å². The molecule has 11 heteroatoms. The smallest absolute Gasteiger partial charge is 0.341 e. The Kier molecular flexibility index (Phi) is 8.63. The van der Waals surface area contributed by atoms with Crippen molar-refractivity contribution < 1.29 is 74.3 Å². The van der Waals surface area contributed by atoms with Crippen LogP contribution < -0.4 is 0 Å². The molecule has 5 atom stereocenters. The molecule has 3 rings (SSSR count). The normalized spacial score (nSPS) is 31.2. The van der Waals surface area contributed by atoms with Crippen molar-refractivity contribution in [1.82, 2.24) is 0 Å². The maximum Gasteiger partial charge on any atom is 0.341 e. The van der Waals surface area contributed by atoms with Crippen molar-refractivity contribution in [3.63, 3.8) is 0 Å². The van der Waals surface area contributed by atoms with E-state index < -0.39 is 22.7 Å². The molecule has 9 nitrogen and oxygen atoms in total. The van der Waals surface area contributed by atoms with Crippen molar-refractivity contribution in [2.24, 2.45) is 23.7 Å². The molecule has 0 aromatic carbocycles. The van der Waals surface area contributed by atoms with Gasteiger partial charge in [0.25, 0.3) is 0 Å². The number of carbonyl (C=O) groups is 2. The Balaban J connectivity index is 0.000000366. The summed E-state index contributed by atoms with van der Waals surface area (Å²) < 4.78 is 43.8. The van der Waals surface area contributed by atoms with Crippen LogP contribution in [-0.2, 0) is 71.4 Å². The second-order valence-electron chi connectivity index (χ2n) is 6.48. The predicted molar refractivity (Wildman–Crippen MR) is 80.0 cm³/mol. The molecule has 145 valence electrons. The minimum Gasteiger partial charge on any atom is -0.774 e. The van der Waals surface area contributed by atoms with E-state index in [9.17, 15) is 27.4 Å². The van der Waals surface area contributed by atoms with Crippen molar-refractivity contribution in [1.29, 1.82) is 0 Å². The van der Waals surface area contributed by atoms with Crippen LogP contribution in [0.3, 0.4) is 0 Å². The van der Waals surface area contributed by atoms with Gasteiger partial charge in [0.15, 0.2) is 0 Å². The molecule has 26 heavy (non-hydrogen) atoms. The van der Waals surface area contributed by atoms with Gasteiger partial charge < -0.3 is 23.6 Å². The van der Waals surface area contributed by atoms with E-state index in [4.69, 9.17) is 9.47 Å². The number of rotatable bonds is 5. The zero-order valence-electron chi connectivity index (χ0n) is 14.4. The molecule has 0 amide bonds. The molecule has 0 aromatic heterocycles. The number of fused-ring (bicyclic) bond motifs is 5. The number of carbonyl (C=O) groups excluding carboxylic acids is 3. The molecule has 1 radical (unpaired) electrons. The van der Waals surface area contributed by atoms with Gasteiger partial charge in [-0.3, -0.25) is 13.2 Å². The molecule has 0 N–H and O–H groups in total. The minimum atomic E-state index is -4.07. The van der Waals surface area contributed by atoms with Gasteiger partial charge >= 0.3 is 11.9 Å². The van der Waals surface area contributed by atoms with Crippen LogP contribution in [0.4, 0.5) is 0 Å². The third-order valence-corrected chi connectivity index (χ3v) is 5.84. The SMILES string of the molecule is C[C-](C)S(=O)(=O)[O-].O=[C-]OCC(=O)OC1CC2CC1C1C(=O)OCC21.[Y]. The largest absolute Gasteiger partial charge is 0.774 e. The van der Waals surface area contributed by atoms with E-state index in [0.29, 0.717) is 18.4 Å². The average molecular weight is 464 g/mol. The monoisotopic (exact) mass is 464 g/mol. The first-order valence-corrected chi connectivity index (χ1v) is 9.17. The van der Waals surface area contributed by atoms with Crippen LogP contribution >= 0.6 is 0 Å². The maximum absolute atomic E-state index is 11.6. The quantitative estimate of drug-likeness (QED) is 0.237. The van der Waals surface area contributed by atoms with E-state index in [0.717, 1.165) is 12.8 Å². The number of cyclic esters (lactones) is 1. The maximum atomic E-state index is 11.6. The first-order chi connectivity index (χ1) is 11.6. The van der Waals surface area contributed by atoms with Gasteiger partial charge in [-0.25, -0.2) is 10.0 Å². The Morgan fingerprint density at radius 2 is 1.96 bits per heavy atom. The summed E-state index contributed by atoms with van der Waals surface area (Å²) in [6.45, 7) is 3.80. The van der Waals surface area contributed by atoms with Crippen molar-refractivity contribution in [3.05, 3.63) is 5.25 Å². The van der Waals surface area contributed by atoms with Crippen molar-refractivity contribution in [2.45, 2.75) is 32.8 Å². The van der Waals surface area contributed by atoms with Gasteiger partial charge in [-0.15, -0.1) is 0 Å². The molecule has 0 spiro atoms. The topological polar surface area (TPSA) is 136 Å². The number of hydrogen-bond acceptors (Lipinski definition) is 9. The van der Waals surface area contributed by atoms with Crippen LogP contribution in [0, 0.1) is 28.9 Å². The Morgan fingerprint density at radius 3 is 2.50 bits per heavy atom. The average Bonchev–Trinajstić information content (AvgIpc) is 3.18. The standard InChI is InChI=1S/C12H13O6.C3H7O3S.Y/c13-5-16-4-10(14)18-9-2-6-1-7(9)11-8(6)3-17-12(11)15;1-3(2)7(4,5)6;/h6-9,11H,1-4H2;1-2H3,(H,4,5,6);/q2*-1;/p-1. The van der Waals surface area contributed by atoms with Crippen molar-refractivity contribution >= 4 is 28.5 Å². The van der Waals surface area contributed by atoms with Gasteiger partial charge in [0, 0.05) is 44.5 Å². The molecule has 1 aliphatic heterocycles. The first kappa shape index (κ1) is 23.5. The molecule has 1 heterocycles. The Morgan fingerprint density at radius 1 is 1.35 bits per heavy atom. The third-order valence-electron chi connectivity index (χ3n) is 4.84. The Bertz CT molecular complexity index is 633. The van der Waals surface area contributed by atoms with Gasteiger partial charge in [-0.1, -0.05) is 6.47 Å². The second-order valence-corrected chi connectivity index (χ2v) is 8.20. The van der Waals surface area contributed by atoms with E-state index in [1.165, 1.54) is 20.3 Å². The van der Waals surface area contributed by atoms with Crippen molar-refractivity contribution in [2.75, 3.05) is 13.2 Å². The number of ether oxygens (including phenoxy) is 3. The second kappa shape index (κ2) is 9.57. The molecular weight excluding hydrogens is 445 g/mol. The van der Waals surface area contributed by atoms with Gasteiger partial charge in [0.05, 0.1) is 12.5 Å². The molecule has 5 unspecified atom stereocenters. The Hall–Kier alpha value is -0.576. The first-order valence-electron chi connectivity index (χ1n) is 7.76. The fourth-order valence-electron chi connectivity index (χ4n) is 3.70. The zero-order chi connectivity index (χ0) is 18.8. The zero-order valence-corrected chi connectivity index (χ0v) is 18.0. The van der Waals surface area contributed by atoms with Crippen molar-refractivity contribution in [3.8, 4) is 0 Å². The van der Waals surface area contributed by atoms with E-state index in [1.54, 1.807) is 0 Å². The van der Waals surface area contributed by atoms with Crippen LogP contribution in [0.25, 0.3) is 0 Å². The van der Waals surface area contributed by atoms with Crippen LogP contribution in [-0.4, -0.2) is 50.7 Å². The van der Waals surface area contributed by atoms with Crippen LogP contribution in [0.1, 0.15) is 26.7 Å². The summed E-state index contributed by atoms with van der Waals surface area (Å²) in [6.07, 6.45) is 1.45. The van der Waals surface area contributed by atoms with Gasteiger partial charge in [-0.05, 0) is 28.9 Å². The van der Waals surface area contributed by atoms with E-state index in [-0.39, 0.29) is 61.9 Å². The fraction of sp³-hybridized carbons (Fsp3) is 0.733.